The van der Waals surface area contributed by atoms with Crippen molar-refractivity contribution in [1.82, 2.24) is 9.47 Å². The van der Waals surface area contributed by atoms with Crippen LogP contribution in [0, 0.1) is 6.92 Å². The number of nitrogens with zero attached hydrogens (tertiary/aromatic N) is 2. The third-order valence-electron chi connectivity index (χ3n) is 5.38. The van der Waals surface area contributed by atoms with Gasteiger partial charge in [0.1, 0.15) is 0 Å². The summed E-state index contributed by atoms with van der Waals surface area (Å²) in [5.74, 6) is 0.216. The van der Waals surface area contributed by atoms with E-state index in [1.807, 2.05) is 0 Å². The first kappa shape index (κ1) is 16.8. The Morgan fingerprint density at radius 3 is 2.80 bits per heavy atom. The fourth-order valence-electron chi connectivity index (χ4n) is 4.19. The molecule has 1 atom stereocenters. The number of aliphatic hydroxyl groups is 1. The van der Waals surface area contributed by atoms with Gasteiger partial charge >= 0.3 is 0 Å². The molecular weight excluding hydrogens is 316 g/mol. The van der Waals surface area contributed by atoms with Gasteiger partial charge in [-0.3, -0.25) is 9.69 Å². The number of aromatic nitrogens is 1. The van der Waals surface area contributed by atoms with E-state index < -0.39 is 6.10 Å². The van der Waals surface area contributed by atoms with Crippen molar-refractivity contribution in [3.8, 4) is 0 Å². The van der Waals surface area contributed by atoms with E-state index in [4.69, 9.17) is 4.74 Å². The minimum absolute atomic E-state index is 0.216. The normalized spacial score (nSPS) is 20.0. The Hall–Kier alpha value is -1.69. The summed E-state index contributed by atoms with van der Waals surface area (Å²) in [6.45, 7) is 6.36. The van der Waals surface area contributed by atoms with Crippen LogP contribution in [-0.2, 0) is 17.7 Å². The molecule has 0 radical (unpaired) electrons. The number of aliphatic hydroxyl groups excluding tert-OH is 1. The maximum absolute atomic E-state index is 12.6. The number of hydrogen-bond acceptors (Lipinski definition) is 4. The second kappa shape index (κ2) is 6.90. The predicted molar refractivity (Wildman–Crippen MR) is 97.2 cm³/mol. The van der Waals surface area contributed by atoms with E-state index in [1.54, 1.807) is 0 Å². The van der Waals surface area contributed by atoms with E-state index in [0.717, 1.165) is 50.4 Å². The van der Waals surface area contributed by atoms with Crippen molar-refractivity contribution >= 4 is 16.7 Å². The van der Waals surface area contributed by atoms with Crippen LogP contribution in [0.1, 0.15) is 34.5 Å². The van der Waals surface area contributed by atoms with Crippen LogP contribution >= 0.6 is 0 Å². The summed E-state index contributed by atoms with van der Waals surface area (Å²) in [5.41, 5.74) is 4.28. The van der Waals surface area contributed by atoms with Gasteiger partial charge in [0.25, 0.3) is 0 Å². The van der Waals surface area contributed by atoms with Gasteiger partial charge in [0.2, 0.25) is 0 Å². The number of aryl methyl sites for hydroxylation is 2. The zero-order chi connectivity index (χ0) is 17.4. The van der Waals surface area contributed by atoms with Crippen molar-refractivity contribution in [3.63, 3.8) is 0 Å². The standard InChI is InChI=1S/C20H26N2O3/c1-14-5-6-18-17(11-14)16-3-2-4-19(24)20(16)22(18)13-15(23)12-21-7-9-25-10-8-21/h5-6,11,15,23H,2-4,7-10,12-13H2,1H3/t15-/m1/s1. The zero-order valence-electron chi connectivity index (χ0n) is 14.8. The second-order valence-electron chi connectivity index (χ2n) is 7.30. The van der Waals surface area contributed by atoms with Gasteiger partial charge in [0.15, 0.2) is 5.78 Å². The van der Waals surface area contributed by atoms with Crippen LogP contribution < -0.4 is 0 Å². The molecule has 1 saturated heterocycles. The number of carbonyl (C=O) groups is 1. The number of hydrogen-bond donors (Lipinski definition) is 1. The molecule has 0 saturated carbocycles. The third-order valence-corrected chi connectivity index (χ3v) is 5.38. The molecule has 5 heteroatoms. The zero-order valence-corrected chi connectivity index (χ0v) is 14.8. The fraction of sp³-hybridized carbons (Fsp3) is 0.550. The van der Waals surface area contributed by atoms with Crippen LogP contribution in [0.2, 0.25) is 0 Å². The largest absolute Gasteiger partial charge is 0.390 e. The topological polar surface area (TPSA) is 54.7 Å². The molecule has 1 aromatic heterocycles. The van der Waals surface area contributed by atoms with Gasteiger partial charge in [-0.05, 0) is 37.5 Å². The molecule has 1 aromatic carbocycles. The van der Waals surface area contributed by atoms with Crippen LogP contribution in [0.3, 0.4) is 0 Å². The fourth-order valence-corrected chi connectivity index (χ4v) is 4.19. The highest BCUT2D eigenvalue weighted by molar-refractivity contribution is 6.04. The molecule has 0 amide bonds. The van der Waals surface area contributed by atoms with E-state index in [0.29, 0.717) is 19.5 Å². The van der Waals surface area contributed by atoms with Gasteiger partial charge in [0, 0.05) is 37.0 Å². The number of benzene rings is 1. The quantitative estimate of drug-likeness (QED) is 0.925. The summed E-state index contributed by atoms with van der Waals surface area (Å²) < 4.78 is 7.44. The monoisotopic (exact) mass is 342 g/mol. The lowest BCUT2D eigenvalue weighted by molar-refractivity contribution is 0.0116. The maximum Gasteiger partial charge on any atom is 0.179 e. The molecule has 0 spiro atoms. The number of carbonyl (C=O) groups excluding carboxylic acids is 1. The van der Waals surface area contributed by atoms with Crippen molar-refractivity contribution < 1.29 is 14.6 Å². The summed E-state index contributed by atoms with van der Waals surface area (Å²) in [6, 6.07) is 6.36. The molecule has 0 bridgehead atoms. The van der Waals surface area contributed by atoms with Crippen LogP contribution in [0.4, 0.5) is 0 Å². The average Bonchev–Trinajstić information content (AvgIpc) is 2.90. The van der Waals surface area contributed by atoms with Crippen molar-refractivity contribution in [2.45, 2.75) is 38.8 Å². The molecule has 1 N–H and O–H groups in total. The summed E-state index contributed by atoms with van der Waals surface area (Å²) in [6.07, 6.45) is 2.00. The molecule has 25 heavy (non-hydrogen) atoms. The van der Waals surface area contributed by atoms with Crippen LogP contribution in [0.5, 0.6) is 0 Å². The van der Waals surface area contributed by atoms with Gasteiger partial charge in [0.05, 0.1) is 31.6 Å². The van der Waals surface area contributed by atoms with E-state index in [-0.39, 0.29) is 5.78 Å². The maximum atomic E-state index is 12.6. The number of ketones is 1. The summed E-state index contributed by atoms with van der Waals surface area (Å²) in [5, 5.41) is 11.8. The Morgan fingerprint density at radius 1 is 1.20 bits per heavy atom. The highest BCUT2D eigenvalue weighted by Crippen LogP contribution is 2.33. The molecule has 134 valence electrons. The smallest absolute Gasteiger partial charge is 0.179 e. The summed E-state index contributed by atoms with van der Waals surface area (Å²) >= 11 is 0. The highest BCUT2D eigenvalue weighted by Gasteiger charge is 2.27. The number of rotatable bonds is 4. The number of fused-ring (bicyclic) bond motifs is 3. The Balaban J connectivity index is 1.66. The molecule has 1 aliphatic carbocycles. The van der Waals surface area contributed by atoms with E-state index in [2.05, 4.69) is 34.6 Å². The lowest BCUT2D eigenvalue weighted by atomic mass is 9.94. The highest BCUT2D eigenvalue weighted by atomic mass is 16.5. The predicted octanol–water partition coefficient (Wildman–Crippen LogP) is 2.16. The Kier molecular flexibility index (Phi) is 4.63. The van der Waals surface area contributed by atoms with E-state index >= 15 is 0 Å². The number of ether oxygens (including phenoxy) is 1. The first-order valence-electron chi connectivity index (χ1n) is 9.26. The lowest BCUT2D eigenvalue weighted by Gasteiger charge is -2.29. The van der Waals surface area contributed by atoms with Crippen LogP contribution in [0.25, 0.3) is 10.9 Å². The minimum atomic E-state index is -0.492. The van der Waals surface area contributed by atoms with E-state index in [1.165, 1.54) is 16.5 Å². The van der Waals surface area contributed by atoms with E-state index in [9.17, 15) is 9.90 Å². The van der Waals surface area contributed by atoms with Gasteiger partial charge in [-0.15, -0.1) is 0 Å². The SMILES string of the molecule is Cc1ccc2c(c1)c1c(n2C[C@H](O)CN2CCOCC2)C(=O)CCC1. The second-order valence-corrected chi connectivity index (χ2v) is 7.30. The van der Waals surface area contributed by atoms with Crippen molar-refractivity contribution in [3.05, 3.63) is 35.0 Å². The molecule has 4 rings (SSSR count). The Bertz CT molecular complexity index is 790. The Morgan fingerprint density at radius 2 is 2.00 bits per heavy atom. The molecule has 0 unspecified atom stereocenters. The van der Waals surface area contributed by atoms with Crippen molar-refractivity contribution in [1.29, 1.82) is 0 Å². The van der Waals surface area contributed by atoms with Crippen molar-refractivity contribution in [2.75, 3.05) is 32.8 Å². The molecule has 2 aliphatic rings. The lowest BCUT2D eigenvalue weighted by Crippen LogP contribution is -2.42. The number of β-amino-alcohol motifs (C(OH)–C–C–N with tert-alkyl or cyclic N) is 1. The summed E-state index contributed by atoms with van der Waals surface area (Å²) in [7, 11) is 0. The number of morpholine rings is 1. The van der Waals surface area contributed by atoms with Crippen LogP contribution in [0.15, 0.2) is 18.2 Å². The third kappa shape index (κ3) is 3.24. The molecule has 1 fully saturated rings. The Labute approximate surface area is 148 Å². The minimum Gasteiger partial charge on any atom is -0.390 e. The molecular formula is C20H26N2O3. The van der Waals surface area contributed by atoms with Gasteiger partial charge in [-0.25, -0.2) is 0 Å². The first-order valence-corrected chi connectivity index (χ1v) is 9.26. The average molecular weight is 342 g/mol. The summed E-state index contributed by atoms with van der Waals surface area (Å²) in [4.78, 5) is 14.8. The molecule has 5 nitrogen and oxygen atoms in total. The van der Waals surface area contributed by atoms with Gasteiger partial charge < -0.3 is 14.4 Å². The molecule has 2 heterocycles. The molecule has 1 aliphatic heterocycles. The molecule has 2 aromatic rings. The first-order chi connectivity index (χ1) is 12.1. The van der Waals surface area contributed by atoms with Crippen molar-refractivity contribution in [2.24, 2.45) is 0 Å². The van der Waals surface area contributed by atoms with Gasteiger partial charge in [-0.2, -0.15) is 0 Å². The van der Waals surface area contributed by atoms with Gasteiger partial charge in [-0.1, -0.05) is 11.6 Å². The number of Topliss-reactive ketones (excluding diaryl/α,β-unsaturated/α-hetero) is 1. The van der Waals surface area contributed by atoms with Crippen LogP contribution in [-0.4, -0.2) is 59.3 Å².